The Labute approximate surface area is 169 Å². The highest BCUT2D eigenvalue weighted by molar-refractivity contribution is 6.30. The molecule has 5 nitrogen and oxygen atoms in total. The Morgan fingerprint density at radius 1 is 1.11 bits per heavy atom. The first-order valence-corrected chi connectivity index (χ1v) is 9.33. The van der Waals surface area contributed by atoms with Crippen molar-refractivity contribution in [1.29, 1.82) is 0 Å². The molecule has 3 aromatic rings. The summed E-state index contributed by atoms with van der Waals surface area (Å²) < 4.78 is 5.15. The van der Waals surface area contributed by atoms with Gasteiger partial charge in [0.2, 0.25) is 0 Å². The van der Waals surface area contributed by atoms with Crippen molar-refractivity contribution in [2.75, 3.05) is 19.0 Å². The zero-order valence-corrected chi connectivity index (χ0v) is 16.6. The van der Waals surface area contributed by atoms with Crippen LogP contribution >= 0.6 is 11.6 Å². The van der Waals surface area contributed by atoms with E-state index in [4.69, 9.17) is 16.3 Å². The topological polar surface area (TPSA) is 63.2 Å². The van der Waals surface area contributed by atoms with Crippen LogP contribution in [0, 0.1) is 6.92 Å². The maximum Gasteiger partial charge on any atom is 0.269 e. The predicted octanol–water partition coefficient (Wildman–Crippen LogP) is 4.77. The van der Waals surface area contributed by atoms with Crippen molar-refractivity contribution in [3.05, 3.63) is 82.6 Å². The summed E-state index contributed by atoms with van der Waals surface area (Å²) in [6.45, 7) is 2.50. The number of methoxy groups -OCH3 is 1. The highest BCUT2D eigenvalue weighted by atomic mass is 35.5. The van der Waals surface area contributed by atoms with Crippen LogP contribution in [0.5, 0.6) is 5.75 Å². The molecule has 0 aliphatic heterocycles. The molecule has 0 fully saturated rings. The molecule has 0 unspecified atom stereocenters. The van der Waals surface area contributed by atoms with Crippen LogP contribution in [0.25, 0.3) is 0 Å². The number of pyridine rings is 1. The molecule has 0 bridgehead atoms. The van der Waals surface area contributed by atoms with Gasteiger partial charge in [-0.15, -0.1) is 0 Å². The molecule has 0 radical (unpaired) electrons. The van der Waals surface area contributed by atoms with Crippen LogP contribution in [0.3, 0.4) is 0 Å². The maximum atomic E-state index is 12.4. The molecule has 0 spiro atoms. The van der Waals surface area contributed by atoms with E-state index in [2.05, 4.69) is 15.6 Å². The minimum Gasteiger partial charge on any atom is -0.497 e. The lowest BCUT2D eigenvalue weighted by Crippen LogP contribution is -2.26. The first kappa shape index (κ1) is 19.7. The molecule has 0 aliphatic rings. The third-order valence-electron chi connectivity index (χ3n) is 4.32. The molecule has 1 amide bonds. The number of carbonyl (C=O) groups excluding carboxylic acids is 1. The van der Waals surface area contributed by atoms with E-state index in [1.54, 1.807) is 19.4 Å². The zero-order valence-electron chi connectivity index (χ0n) is 15.8. The number of ether oxygens (including phenoxy) is 1. The van der Waals surface area contributed by atoms with Crippen LogP contribution < -0.4 is 15.4 Å². The van der Waals surface area contributed by atoms with Gasteiger partial charge in [0.25, 0.3) is 5.91 Å². The Kier molecular flexibility index (Phi) is 6.50. The second kappa shape index (κ2) is 9.24. The van der Waals surface area contributed by atoms with Gasteiger partial charge in [0, 0.05) is 29.1 Å². The van der Waals surface area contributed by atoms with Crippen LogP contribution in [0.2, 0.25) is 5.02 Å². The van der Waals surface area contributed by atoms with Gasteiger partial charge in [-0.1, -0.05) is 23.7 Å². The highest BCUT2D eigenvalue weighted by Crippen LogP contribution is 2.23. The van der Waals surface area contributed by atoms with E-state index in [-0.39, 0.29) is 5.91 Å². The fourth-order valence-electron chi connectivity index (χ4n) is 2.76. The van der Waals surface area contributed by atoms with Crippen molar-refractivity contribution < 1.29 is 9.53 Å². The largest absolute Gasteiger partial charge is 0.497 e. The van der Waals surface area contributed by atoms with Crippen molar-refractivity contribution in [3.63, 3.8) is 0 Å². The summed E-state index contributed by atoms with van der Waals surface area (Å²) in [7, 11) is 1.64. The number of hydrogen-bond donors (Lipinski definition) is 2. The van der Waals surface area contributed by atoms with Gasteiger partial charge >= 0.3 is 0 Å². The van der Waals surface area contributed by atoms with Gasteiger partial charge in [-0.05, 0) is 66.9 Å². The molecule has 0 atom stereocenters. The minimum atomic E-state index is -0.204. The Bertz CT molecular complexity index is 958. The number of rotatable bonds is 7. The number of aryl methyl sites for hydroxylation is 1. The molecular weight excluding hydrogens is 374 g/mol. The predicted molar refractivity (Wildman–Crippen MR) is 113 cm³/mol. The molecule has 2 N–H and O–H groups in total. The lowest BCUT2D eigenvalue weighted by molar-refractivity contribution is 0.0949. The highest BCUT2D eigenvalue weighted by Gasteiger charge is 2.08. The van der Waals surface area contributed by atoms with Crippen molar-refractivity contribution in [1.82, 2.24) is 10.3 Å². The molecule has 0 aliphatic carbocycles. The van der Waals surface area contributed by atoms with E-state index in [1.807, 2.05) is 55.5 Å². The van der Waals surface area contributed by atoms with Crippen molar-refractivity contribution in [3.8, 4) is 5.75 Å². The first-order valence-electron chi connectivity index (χ1n) is 8.95. The molecule has 1 aromatic heterocycles. The molecule has 0 saturated carbocycles. The summed E-state index contributed by atoms with van der Waals surface area (Å²) in [5.74, 6) is 0.613. The van der Waals surface area contributed by atoms with Crippen LogP contribution in [-0.4, -0.2) is 24.5 Å². The zero-order chi connectivity index (χ0) is 19.9. The SMILES string of the molecule is COc1ccc(CCNC(=O)c2cc(Nc3ccc(Cl)cc3C)ccn2)cc1. The standard InChI is InChI=1S/C22H22ClN3O2/c1-15-13-17(23)5-8-20(15)26-18-10-12-24-21(14-18)22(27)25-11-9-16-3-6-19(28-2)7-4-16/h3-8,10,12-14H,9,11H2,1-2H3,(H,24,26)(H,25,27). The van der Waals surface area contributed by atoms with Crippen molar-refractivity contribution in [2.45, 2.75) is 13.3 Å². The number of carbonyl (C=O) groups is 1. The Balaban J connectivity index is 1.58. The normalized spacial score (nSPS) is 10.4. The summed E-state index contributed by atoms with van der Waals surface area (Å²) in [4.78, 5) is 16.6. The van der Waals surface area contributed by atoms with Crippen molar-refractivity contribution >= 4 is 28.9 Å². The van der Waals surface area contributed by atoms with Gasteiger partial charge < -0.3 is 15.4 Å². The van der Waals surface area contributed by atoms with Gasteiger partial charge in [0.15, 0.2) is 0 Å². The summed E-state index contributed by atoms with van der Waals surface area (Å²) in [5.41, 5.74) is 4.24. The lowest BCUT2D eigenvalue weighted by atomic mass is 10.1. The third kappa shape index (κ3) is 5.24. The molecule has 3 rings (SSSR count). The number of hydrogen-bond acceptors (Lipinski definition) is 4. The quantitative estimate of drug-likeness (QED) is 0.605. The second-order valence-electron chi connectivity index (χ2n) is 6.37. The van der Waals surface area contributed by atoms with Crippen LogP contribution in [0.1, 0.15) is 21.6 Å². The van der Waals surface area contributed by atoms with Crippen LogP contribution in [-0.2, 0) is 6.42 Å². The van der Waals surface area contributed by atoms with Gasteiger partial charge in [-0.3, -0.25) is 9.78 Å². The summed E-state index contributed by atoms with van der Waals surface area (Å²) in [5, 5.41) is 6.89. The van der Waals surface area contributed by atoms with Gasteiger partial charge in [0.05, 0.1) is 7.11 Å². The van der Waals surface area contributed by atoms with E-state index in [1.165, 1.54) is 0 Å². The van der Waals surface area contributed by atoms with Gasteiger partial charge in [-0.2, -0.15) is 0 Å². The molecule has 0 saturated heterocycles. The molecule has 28 heavy (non-hydrogen) atoms. The second-order valence-corrected chi connectivity index (χ2v) is 6.80. The molecule has 1 heterocycles. The number of aromatic nitrogens is 1. The smallest absolute Gasteiger partial charge is 0.269 e. The summed E-state index contributed by atoms with van der Waals surface area (Å²) in [6, 6.07) is 17.0. The average molecular weight is 396 g/mol. The Morgan fingerprint density at radius 2 is 1.89 bits per heavy atom. The van der Waals surface area contributed by atoms with E-state index in [0.717, 1.165) is 34.7 Å². The van der Waals surface area contributed by atoms with Crippen molar-refractivity contribution in [2.24, 2.45) is 0 Å². The first-order chi connectivity index (χ1) is 13.5. The molecule has 2 aromatic carbocycles. The monoisotopic (exact) mass is 395 g/mol. The summed E-state index contributed by atoms with van der Waals surface area (Å²) in [6.07, 6.45) is 2.35. The number of anilines is 2. The third-order valence-corrected chi connectivity index (χ3v) is 4.55. The number of benzene rings is 2. The Morgan fingerprint density at radius 3 is 2.61 bits per heavy atom. The summed E-state index contributed by atoms with van der Waals surface area (Å²) >= 11 is 6.00. The molecular formula is C22H22ClN3O2. The lowest BCUT2D eigenvalue weighted by Gasteiger charge is -2.11. The molecule has 144 valence electrons. The van der Waals surface area contributed by atoms with Gasteiger partial charge in [0.1, 0.15) is 11.4 Å². The Hall–Kier alpha value is -3.05. The van der Waals surface area contributed by atoms with E-state index in [0.29, 0.717) is 17.3 Å². The number of nitrogens with one attached hydrogen (secondary N) is 2. The number of halogens is 1. The minimum absolute atomic E-state index is 0.204. The fraction of sp³-hybridized carbons (Fsp3) is 0.182. The van der Waals surface area contributed by atoms with E-state index < -0.39 is 0 Å². The average Bonchev–Trinajstić information content (AvgIpc) is 2.71. The maximum absolute atomic E-state index is 12.4. The van der Waals surface area contributed by atoms with E-state index >= 15 is 0 Å². The number of amides is 1. The van der Waals surface area contributed by atoms with Crippen LogP contribution in [0.15, 0.2) is 60.8 Å². The van der Waals surface area contributed by atoms with E-state index in [9.17, 15) is 4.79 Å². The number of nitrogens with zero attached hydrogens (tertiary/aromatic N) is 1. The van der Waals surface area contributed by atoms with Gasteiger partial charge in [-0.25, -0.2) is 0 Å². The fourth-order valence-corrected chi connectivity index (χ4v) is 2.99. The molecule has 6 heteroatoms. The van der Waals surface area contributed by atoms with Crippen LogP contribution in [0.4, 0.5) is 11.4 Å².